The Bertz CT molecular complexity index is 516. The number of rotatable bonds is 1. The average Bonchev–Trinajstić information content (AvgIpc) is 2.20. The molecule has 0 saturated carbocycles. The van der Waals surface area contributed by atoms with Crippen molar-refractivity contribution in [3.05, 3.63) is 26.8 Å². The fourth-order valence-corrected chi connectivity index (χ4v) is 1.18. The standard InChI is InChI=1S/C10H12BrN3O3/c1-10(2,3)9(17)14-8(16)6-7(15)12-4-5(11)13-6/h4H,1-3H3,(H,12,15)(H,14,16,17). The lowest BCUT2D eigenvalue weighted by molar-refractivity contribution is -0.127. The van der Waals surface area contributed by atoms with Crippen molar-refractivity contribution in [2.75, 3.05) is 0 Å². The highest BCUT2D eigenvalue weighted by Gasteiger charge is 2.25. The molecule has 0 atom stereocenters. The second kappa shape index (κ2) is 4.79. The molecule has 0 bridgehead atoms. The molecule has 92 valence electrons. The molecule has 6 nitrogen and oxygen atoms in total. The Balaban J connectivity index is 2.95. The molecule has 0 radical (unpaired) electrons. The lowest BCUT2D eigenvalue weighted by Gasteiger charge is -2.16. The van der Waals surface area contributed by atoms with Crippen LogP contribution < -0.4 is 10.9 Å². The molecule has 0 unspecified atom stereocenters. The van der Waals surface area contributed by atoms with Gasteiger partial charge in [0.25, 0.3) is 11.5 Å². The maximum atomic E-state index is 11.6. The normalized spacial score (nSPS) is 11.1. The number of amides is 2. The molecule has 0 fully saturated rings. The monoisotopic (exact) mass is 301 g/mol. The molecule has 0 saturated heterocycles. The fraction of sp³-hybridized carbons (Fsp3) is 0.400. The van der Waals surface area contributed by atoms with Crippen molar-refractivity contribution in [3.63, 3.8) is 0 Å². The first-order chi connectivity index (χ1) is 7.71. The maximum absolute atomic E-state index is 11.6. The van der Waals surface area contributed by atoms with Crippen LogP contribution in [0.3, 0.4) is 0 Å². The van der Waals surface area contributed by atoms with Crippen molar-refractivity contribution in [2.24, 2.45) is 5.41 Å². The predicted molar refractivity (Wildman–Crippen MR) is 64.5 cm³/mol. The summed E-state index contributed by atoms with van der Waals surface area (Å²) in [5, 5.41) is 2.12. The Hall–Kier alpha value is -1.50. The Morgan fingerprint density at radius 1 is 1.41 bits per heavy atom. The van der Waals surface area contributed by atoms with Gasteiger partial charge in [-0.3, -0.25) is 19.7 Å². The van der Waals surface area contributed by atoms with Gasteiger partial charge in [0.1, 0.15) is 4.60 Å². The highest BCUT2D eigenvalue weighted by Crippen LogP contribution is 2.12. The molecule has 0 spiro atoms. The van der Waals surface area contributed by atoms with E-state index in [0.29, 0.717) is 4.60 Å². The van der Waals surface area contributed by atoms with E-state index < -0.39 is 22.8 Å². The Labute approximate surface area is 106 Å². The molecule has 1 aromatic rings. The Kier molecular flexibility index (Phi) is 3.82. The van der Waals surface area contributed by atoms with Gasteiger partial charge in [-0.2, -0.15) is 0 Å². The van der Waals surface area contributed by atoms with Gasteiger partial charge in [-0.1, -0.05) is 20.8 Å². The number of aromatic amines is 1. The number of hydrogen-bond donors (Lipinski definition) is 2. The minimum absolute atomic E-state index is 0.311. The van der Waals surface area contributed by atoms with Crippen molar-refractivity contribution in [3.8, 4) is 0 Å². The van der Waals surface area contributed by atoms with Crippen LogP contribution in [0.5, 0.6) is 0 Å². The van der Waals surface area contributed by atoms with E-state index in [2.05, 4.69) is 31.2 Å². The number of imide groups is 1. The minimum Gasteiger partial charge on any atom is -0.324 e. The molecule has 2 amide bonds. The number of H-pyrrole nitrogens is 1. The second-order valence-electron chi connectivity index (χ2n) is 4.43. The van der Waals surface area contributed by atoms with Crippen LogP contribution in [0.2, 0.25) is 0 Å². The van der Waals surface area contributed by atoms with Crippen LogP contribution in [0.1, 0.15) is 31.3 Å². The van der Waals surface area contributed by atoms with Crippen molar-refractivity contribution < 1.29 is 9.59 Å². The van der Waals surface area contributed by atoms with Crippen LogP contribution in [-0.4, -0.2) is 21.8 Å². The quantitative estimate of drug-likeness (QED) is 0.804. The minimum atomic E-state index is -0.813. The highest BCUT2D eigenvalue weighted by atomic mass is 79.9. The summed E-state index contributed by atoms with van der Waals surface area (Å²) < 4.78 is 0.311. The molecule has 1 heterocycles. The number of halogens is 1. The van der Waals surface area contributed by atoms with Gasteiger partial charge in [0, 0.05) is 11.6 Å². The lowest BCUT2D eigenvalue weighted by atomic mass is 9.96. The molecule has 0 aromatic carbocycles. The van der Waals surface area contributed by atoms with Gasteiger partial charge in [0.15, 0.2) is 5.69 Å². The van der Waals surface area contributed by atoms with Crippen molar-refractivity contribution in [1.82, 2.24) is 15.3 Å². The maximum Gasteiger partial charge on any atom is 0.282 e. The van der Waals surface area contributed by atoms with E-state index in [1.165, 1.54) is 6.20 Å². The first-order valence-electron chi connectivity index (χ1n) is 4.83. The second-order valence-corrected chi connectivity index (χ2v) is 5.25. The summed E-state index contributed by atoms with van der Waals surface area (Å²) >= 11 is 3.02. The van der Waals surface area contributed by atoms with Gasteiger partial charge in [0.2, 0.25) is 5.91 Å². The highest BCUT2D eigenvalue weighted by molar-refractivity contribution is 9.10. The van der Waals surface area contributed by atoms with Crippen LogP contribution in [0, 0.1) is 5.41 Å². The van der Waals surface area contributed by atoms with E-state index in [-0.39, 0.29) is 5.69 Å². The zero-order valence-corrected chi connectivity index (χ0v) is 11.2. The van der Waals surface area contributed by atoms with E-state index in [1.54, 1.807) is 20.8 Å². The van der Waals surface area contributed by atoms with Crippen LogP contribution in [0.15, 0.2) is 15.6 Å². The van der Waals surface area contributed by atoms with Gasteiger partial charge < -0.3 is 4.98 Å². The van der Waals surface area contributed by atoms with Gasteiger partial charge in [-0.25, -0.2) is 4.98 Å². The van der Waals surface area contributed by atoms with Gasteiger partial charge in [-0.15, -0.1) is 0 Å². The molecule has 7 heteroatoms. The Morgan fingerprint density at radius 2 is 2.00 bits per heavy atom. The molecule has 0 aliphatic carbocycles. The summed E-state index contributed by atoms with van der Waals surface area (Å²) in [5.41, 5.74) is -1.71. The van der Waals surface area contributed by atoms with Gasteiger partial charge >= 0.3 is 0 Å². The zero-order chi connectivity index (χ0) is 13.2. The molecule has 17 heavy (non-hydrogen) atoms. The van der Waals surface area contributed by atoms with Crippen molar-refractivity contribution in [2.45, 2.75) is 20.8 Å². The number of carbonyl (C=O) groups is 2. The van der Waals surface area contributed by atoms with E-state index in [9.17, 15) is 14.4 Å². The van der Waals surface area contributed by atoms with Crippen molar-refractivity contribution in [1.29, 1.82) is 0 Å². The first kappa shape index (κ1) is 13.6. The van der Waals surface area contributed by atoms with Crippen LogP contribution in [0.4, 0.5) is 0 Å². The topological polar surface area (TPSA) is 91.9 Å². The molecule has 2 N–H and O–H groups in total. The van der Waals surface area contributed by atoms with E-state index in [4.69, 9.17) is 0 Å². The average molecular weight is 302 g/mol. The van der Waals surface area contributed by atoms with Gasteiger partial charge in [-0.05, 0) is 15.9 Å². The predicted octanol–water partition coefficient (Wildman–Crippen LogP) is 0.835. The number of aromatic nitrogens is 2. The summed E-state index contributed by atoms with van der Waals surface area (Å²) in [6.07, 6.45) is 1.31. The third kappa shape index (κ3) is 3.48. The Morgan fingerprint density at radius 3 is 2.53 bits per heavy atom. The van der Waals surface area contributed by atoms with Gasteiger partial charge in [0.05, 0.1) is 0 Å². The van der Waals surface area contributed by atoms with E-state index in [0.717, 1.165) is 0 Å². The fourth-order valence-electron chi connectivity index (χ4n) is 0.887. The summed E-state index contributed by atoms with van der Waals surface area (Å²) in [5.74, 6) is -1.28. The molecule has 1 rings (SSSR count). The first-order valence-corrected chi connectivity index (χ1v) is 5.62. The molecule has 0 aliphatic rings. The number of nitrogens with one attached hydrogen (secondary N) is 2. The summed E-state index contributed by atoms with van der Waals surface area (Å²) in [4.78, 5) is 40.6. The third-order valence-corrected chi connectivity index (χ3v) is 2.29. The molecular weight excluding hydrogens is 290 g/mol. The number of hydrogen-bond acceptors (Lipinski definition) is 4. The summed E-state index contributed by atoms with van der Waals surface area (Å²) in [7, 11) is 0. The summed E-state index contributed by atoms with van der Waals surface area (Å²) in [6.45, 7) is 4.98. The van der Waals surface area contributed by atoms with Crippen LogP contribution in [-0.2, 0) is 4.79 Å². The number of nitrogens with zero attached hydrogens (tertiary/aromatic N) is 1. The summed E-state index contributed by atoms with van der Waals surface area (Å²) in [6, 6.07) is 0. The van der Waals surface area contributed by atoms with Crippen molar-refractivity contribution >= 4 is 27.7 Å². The molecular formula is C10H12BrN3O3. The van der Waals surface area contributed by atoms with E-state index in [1.807, 2.05) is 0 Å². The SMILES string of the molecule is CC(C)(C)C(=O)NC(=O)c1nc(Br)c[nH]c1=O. The largest absolute Gasteiger partial charge is 0.324 e. The molecule has 0 aliphatic heterocycles. The lowest BCUT2D eigenvalue weighted by Crippen LogP contribution is -2.41. The molecule has 1 aromatic heterocycles. The van der Waals surface area contributed by atoms with Crippen LogP contribution in [0.25, 0.3) is 0 Å². The van der Waals surface area contributed by atoms with E-state index >= 15 is 0 Å². The third-order valence-electron chi connectivity index (χ3n) is 1.88. The number of carbonyl (C=O) groups excluding carboxylic acids is 2. The zero-order valence-electron chi connectivity index (χ0n) is 9.63. The van der Waals surface area contributed by atoms with Crippen LogP contribution >= 0.6 is 15.9 Å². The smallest absolute Gasteiger partial charge is 0.282 e.